The predicted octanol–water partition coefficient (Wildman–Crippen LogP) is 1.83. The van der Waals surface area contributed by atoms with Crippen LogP contribution in [-0.4, -0.2) is 24.1 Å². The summed E-state index contributed by atoms with van der Waals surface area (Å²) in [5.41, 5.74) is 7.50. The molecule has 1 aromatic carbocycles. The van der Waals surface area contributed by atoms with Gasteiger partial charge in [-0.2, -0.15) is 0 Å². The van der Waals surface area contributed by atoms with Gasteiger partial charge in [-0.15, -0.1) is 0 Å². The van der Waals surface area contributed by atoms with Gasteiger partial charge in [-0.1, -0.05) is 6.07 Å². The summed E-state index contributed by atoms with van der Waals surface area (Å²) < 4.78 is 0. The van der Waals surface area contributed by atoms with Gasteiger partial charge in [-0.25, -0.2) is 0 Å². The quantitative estimate of drug-likeness (QED) is 0.640. The summed E-state index contributed by atoms with van der Waals surface area (Å²) in [6.07, 6.45) is 2.06. The van der Waals surface area contributed by atoms with Crippen LogP contribution in [-0.2, 0) is 0 Å². The molecule has 5 nitrogen and oxygen atoms in total. The summed E-state index contributed by atoms with van der Waals surface area (Å²) in [7, 11) is 0. The number of nitrogens with zero attached hydrogens (tertiary/aromatic N) is 2. The van der Waals surface area contributed by atoms with Gasteiger partial charge in [0.15, 0.2) is 0 Å². The molecule has 1 atom stereocenters. The van der Waals surface area contributed by atoms with E-state index in [2.05, 4.69) is 4.90 Å². The van der Waals surface area contributed by atoms with Gasteiger partial charge in [-0.05, 0) is 31.4 Å². The molecule has 17 heavy (non-hydrogen) atoms. The van der Waals surface area contributed by atoms with E-state index in [1.807, 2.05) is 19.1 Å². The Hall–Kier alpha value is -1.62. The maximum Gasteiger partial charge on any atom is 0.292 e. The van der Waals surface area contributed by atoms with E-state index >= 15 is 0 Å². The summed E-state index contributed by atoms with van der Waals surface area (Å²) in [5.74, 6) is 0. The fourth-order valence-electron chi connectivity index (χ4n) is 2.42. The number of nitro benzene ring substituents is 1. The topological polar surface area (TPSA) is 72.4 Å². The Balaban J connectivity index is 2.40. The molecule has 1 fully saturated rings. The lowest BCUT2D eigenvalue weighted by Gasteiger charge is -2.25. The summed E-state index contributed by atoms with van der Waals surface area (Å²) >= 11 is 0. The van der Waals surface area contributed by atoms with Gasteiger partial charge in [-0.3, -0.25) is 10.1 Å². The number of nitrogens with two attached hydrogens (primary N) is 1. The fraction of sp³-hybridized carbons (Fsp3) is 0.500. The van der Waals surface area contributed by atoms with E-state index in [0.29, 0.717) is 12.2 Å². The van der Waals surface area contributed by atoms with Crippen LogP contribution in [0.3, 0.4) is 0 Å². The van der Waals surface area contributed by atoms with Crippen LogP contribution in [0.15, 0.2) is 18.2 Å². The molecule has 1 unspecified atom stereocenters. The second-order valence-electron chi connectivity index (χ2n) is 4.47. The van der Waals surface area contributed by atoms with Gasteiger partial charge < -0.3 is 10.6 Å². The molecule has 0 spiro atoms. The van der Waals surface area contributed by atoms with Gasteiger partial charge in [0.2, 0.25) is 0 Å². The van der Waals surface area contributed by atoms with Crippen LogP contribution in [0.25, 0.3) is 0 Å². The summed E-state index contributed by atoms with van der Waals surface area (Å²) in [5, 5.41) is 11.1. The Kier molecular flexibility index (Phi) is 3.28. The van der Waals surface area contributed by atoms with E-state index in [9.17, 15) is 10.1 Å². The van der Waals surface area contributed by atoms with Gasteiger partial charge in [0.1, 0.15) is 5.69 Å². The zero-order valence-electron chi connectivity index (χ0n) is 9.93. The number of benzene rings is 1. The molecule has 1 saturated heterocycles. The molecular formula is C12H17N3O2. The highest BCUT2D eigenvalue weighted by atomic mass is 16.6. The van der Waals surface area contributed by atoms with Crippen LogP contribution >= 0.6 is 0 Å². The molecule has 1 aliphatic heterocycles. The van der Waals surface area contributed by atoms with Crippen molar-refractivity contribution in [2.45, 2.75) is 25.8 Å². The van der Waals surface area contributed by atoms with E-state index in [1.165, 1.54) is 0 Å². The molecule has 0 saturated carbocycles. The van der Waals surface area contributed by atoms with Gasteiger partial charge in [0.25, 0.3) is 5.69 Å². The zero-order chi connectivity index (χ0) is 12.4. The van der Waals surface area contributed by atoms with Crippen LogP contribution in [0.4, 0.5) is 11.4 Å². The minimum Gasteiger partial charge on any atom is -0.362 e. The molecule has 1 aliphatic rings. The molecule has 1 heterocycles. The molecule has 0 radical (unpaired) electrons. The summed E-state index contributed by atoms with van der Waals surface area (Å²) in [6.45, 7) is 3.26. The molecular weight excluding hydrogens is 218 g/mol. The first kappa shape index (κ1) is 11.9. The number of aryl methyl sites for hydroxylation is 1. The molecule has 92 valence electrons. The van der Waals surface area contributed by atoms with Crippen molar-refractivity contribution in [1.82, 2.24) is 0 Å². The largest absolute Gasteiger partial charge is 0.362 e. The van der Waals surface area contributed by atoms with Crippen molar-refractivity contribution >= 4 is 11.4 Å². The number of rotatable bonds is 3. The Labute approximate surface area is 100 Å². The Bertz CT molecular complexity index is 434. The van der Waals surface area contributed by atoms with E-state index in [1.54, 1.807) is 6.07 Å². The molecule has 1 aromatic rings. The Morgan fingerprint density at radius 2 is 2.35 bits per heavy atom. The lowest BCUT2D eigenvalue weighted by molar-refractivity contribution is -0.384. The maximum absolute atomic E-state index is 11.1. The minimum atomic E-state index is -0.311. The van der Waals surface area contributed by atoms with Crippen molar-refractivity contribution in [1.29, 1.82) is 0 Å². The van der Waals surface area contributed by atoms with Crippen LogP contribution in [0, 0.1) is 17.0 Å². The van der Waals surface area contributed by atoms with Gasteiger partial charge in [0.05, 0.1) is 4.92 Å². The molecule has 0 aliphatic carbocycles. The first-order chi connectivity index (χ1) is 8.13. The van der Waals surface area contributed by atoms with Crippen molar-refractivity contribution in [3.05, 3.63) is 33.9 Å². The van der Waals surface area contributed by atoms with Crippen molar-refractivity contribution in [2.75, 3.05) is 18.0 Å². The SMILES string of the molecule is Cc1ccc(N2CCCC2CN)c([N+](=O)[O-])c1. The summed E-state index contributed by atoms with van der Waals surface area (Å²) in [6, 6.07) is 5.60. The zero-order valence-corrected chi connectivity index (χ0v) is 9.93. The number of anilines is 1. The fourth-order valence-corrected chi connectivity index (χ4v) is 2.42. The first-order valence-electron chi connectivity index (χ1n) is 5.85. The smallest absolute Gasteiger partial charge is 0.292 e. The second kappa shape index (κ2) is 4.71. The normalized spacial score (nSPS) is 19.6. The highest BCUT2D eigenvalue weighted by Crippen LogP contribution is 2.33. The van der Waals surface area contributed by atoms with Crippen LogP contribution in [0.5, 0.6) is 0 Å². The molecule has 2 rings (SSSR count). The molecule has 5 heteroatoms. The lowest BCUT2D eigenvalue weighted by Crippen LogP contribution is -2.35. The van der Waals surface area contributed by atoms with E-state index in [0.717, 1.165) is 24.9 Å². The number of hydrogen-bond acceptors (Lipinski definition) is 4. The van der Waals surface area contributed by atoms with E-state index in [4.69, 9.17) is 5.73 Å². The first-order valence-corrected chi connectivity index (χ1v) is 5.85. The third-order valence-electron chi connectivity index (χ3n) is 3.29. The average molecular weight is 235 g/mol. The third-order valence-corrected chi connectivity index (χ3v) is 3.29. The monoisotopic (exact) mass is 235 g/mol. The van der Waals surface area contributed by atoms with Crippen molar-refractivity contribution in [3.8, 4) is 0 Å². The Morgan fingerprint density at radius 1 is 1.59 bits per heavy atom. The van der Waals surface area contributed by atoms with Crippen LogP contribution in [0.1, 0.15) is 18.4 Å². The van der Waals surface area contributed by atoms with Gasteiger partial charge >= 0.3 is 0 Å². The second-order valence-corrected chi connectivity index (χ2v) is 4.47. The molecule has 0 bridgehead atoms. The Morgan fingerprint density at radius 3 is 3.00 bits per heavy atom. The number of nitro groups is 1. The third kappa shape index (κ3) is 2.24. The number of hydrogen-bond donors (Lipinski definition) is 1. The van der Waals surface area contributed by atoms with Crippen LogP contribution < -0.4 is 10.6 Å². The highest BCUT2D eigenvalue weighted by Gasteiger charge is 2.28. The molecule has 0 amide bonds. The van der Waals surface area contributed by atoms with E-state index in [-0.39, 0.29) is 16.7 Å². The van der Waals surface area contributed by atoms with Gasteiger partial charge in [0, 0.05) is 25.2 Å². The standard InChI is InChI=1S/C12H17N3O2/c1-9-4-5-11(12(7-9)15(16)17)14-6-2-3-10(14)8-13/h4-5,7,10H,2-3,6,8,13H2,1H3. The molecule has 2 N–H and O–H groups in total. The summed E-state index contributed by atoms with van der Waals surface area (Å²) in [4.78, 5) is 12.8. The predicted molar refractivity (Wildman–Crippen MR) is 67.3 cm³/mol. The van der Waals surface area contributed by atoms with Crippen molar-refractivity contribution in [3.63, 3.8) is 0 Å². The minimum absolute atomic E-state index is 0.186. The van der Waals surface area contributed by atoms with E-state index < -0.39 is 0 Å². The van der Waals surface area contributed by atoms with Crippen molar-refractivity contribution < 1.29 is 4.92 Å². The lowest BCUT2D eigenvalue weighted by atomic mass is 10.1. The highest BCUT2D eigenvalue weighted by molar-refractivity contribution is 5.65. The van der Waals surface area contributed by atoms with Crippen molar-refractivity contribution in [2.24, 2.45) is 5.73 Å². The average Bonchev–Trinajstić information content (AvgIpc) is 2.76. The van der Waals surface area contributed by atoms with Crippen LogP contribution in [0.2, 0.25) is 0 Å². The maximum atomic E-state index is 11.1. The molecule has 0 aromatic heterocycles.